The van der Waals surface area contributed by atoms with E-state index >= 15 is 0 Å². The van der Waals surface area contributed by atoms with Crippen LogP contribution in [0.4, 0.5) is 5.82 Å². The number of nitrogens with zero attached hydrogens (tertiary/aromatic N) is 3. The number of rotatable bonds is 4. The molecule has 1 fully saturated rings. The molecule has 0 amide bonds. The van der Waals surface area contributed by atoms with Gasteiger partial charge < -0.3 is 20.7 Å². The van der Waals surface area contributed by atoms with Gasteiger partial charge in [-0.2, -0.15) is 0 Å². The Labute approximate surface area is 143 Å². The van der Waals surface area contributed by atoms with Crippen LogP contribution in [-0.2, 0) is 11.3 Å². The maximum atomic E-state index is 5.79. The van der Waals surface area contributed by atoms with Gasteiger partial charge in [0.1, 0.15) is 5.82 Å². The summed E-state index contributed by atoms with van der Waals surface area (Å²) in [5.74, 6) is 1.44. The number of hydrogen-bond donors (Lipinski definition) is 2. The summed E-state index contributed by atoms with van der Waals surface area (Å²) in [6.07, 6.45) is 0. The highest BCUT2D eigenvalue weighted by Gasteiger charge is 2.12. The number of ether oxygens (including phenoxy) is 1. The third-order valence-corrected chi connectivity index (χ3v) is 2.98. The molecular formula is C14H24IN5O. The van der Waals surface area contributed by atoms with Crippen molar-refractivity contribution in [3.05, 3.63) is 23.9 Å². The zero-order valence-electron chi connectivity index (χ0n) is 12.6. The first kappa shape index (κ1) is 18.0. The fraction of sp³-hybridized carbons (Fsp3) is 0.571. The predicted molar refractivity (Wildman–Crippen MR) is 96.3 cm³/mol. The molecule has 1 aliphatic rings. The van der Waals surface area contributed by atoms with Gasteiger partial charge >= 0.3 is 0 Å². The van der Waals surface area contributed by atoms with Crippen molar-refractivity contribution in [3.8, 4) is 0 Å². The summed E-state index contributed by atoms with van der Waals surface area (Å²) >= 11 is 0. The molecule has 6 nitrogen and oxygen atoms in total. The van der Waals surface area contributed by atoms with E-state index in [9.17, 15) is 0 Å². The van der Waals surface area contributed by atoms with Gasteiger partial charge in [-0.15, -0.1) is 24.0 Å². The molecule has 0 atom stereocenters. The summed E-state index contributed by atoms with van der Waals surface area (Å²) in [6.45, 7) is 7.83. The zero-order chi connectivity index (χ0) is 14.4. The Hall–Kier alpha value is -1.09. The molecule has 1 aromatic rings. The topological polar surface area (TPSA) is 75.8 Å². The normalized spacial score (nSPS) is 15.8. The molecule has 1 aromatic heterocycles. The fourth-order valence-corrected chi connectivity index (χ4v) is 2.03. The maximum Gasteiger partial charge on any atom is 0.189 e. The maximum absolute atomic E-state index is 5.79. The van der Waals surface area contributed by atoms with Crippen molar-refractivity contribution in [3.63, 3.8) is 0 Å². The number of anilines is 1. The minimum Gasteiger partial charge on any atom is -0.378 e. The quantitative estimate of drug-likeness (QED) is 0.450. The summed E-state index contributed by atoms with van der Waals surface area (Å²) in [6, 6.07) is 6.28. The number of aromatic nitrogens is 1. The van der Waals surface area contributed by atoms with Gasteiger partial charge in [0.25, 0.3) is 0 Å². The third kappa shape index (κ3) is 6.04. The van der Waals surface area contributed by atoms with Crippen molar-refractivity contribution < 1.29 is 4.74 Å². The van der Waals surface area contributed by atoms with Crippen molar-refractivity contribution in [1.29, 1.82) is 0 Å². The van der Waals surface area contributed by atoms with Crippen molar-refractivity contribution in [2.45, 2.75) is 26.4 Å². The highest BCUT2D eigenvalue weighted by atomic mass is 127. The molecule has 0 aliphatic carbocycles. The SMILES string of the molecule is CC(C)NC(N)=NCc1cccc(N2CCOCC2)n1.I. The van der Waals surface area contributed by atoms with Gasteiger partial charge in [-0.1, -0.05) is 6.07 Å². The van der Waals surface area contributed by atoms with E-state index in [1.807, 2.05) is 32.0 Å². The van der Waals surface area contributed by atoms with Gasteiger partial charge in [0.2, 0.25) is 0 Å². The zero-order valence-corrected chi connectivity index (χ0v) is 14.9. The molecule has 0 unspecified atom stereocenters. The van der Waals surface area contributed by atoms with E-state index in [4.69, 9.17) is 10.5 Å². The first-order chi connectivity index (χ1) is 9.65. The smallest absolute Gasteiger partial charge is 0.189 e. The molecule has 0 aromatic carbocycles. The van der Waals surface area contributed by atoms with Crippen LogP contribution >= 0.6 is 24.0 Å². The van der Waals surface area contributed by atoms with Gasteiger partial charge in [0.15, 0.2) is 5.96 Å². The van der Waals surface area contributed by atoms with E-state index in [0.717, 1.165) is 37.8 Å². The van der Waals surface area contributed by atoms with E-state index < -0.39 is 0 Å². The Balaban J connectivity index is 0.00000220. The lowest BCUT2D eigenvalue weighted by Crippen LogP contribution is -2.37. The van der Waals surface area contributed by atoms with Crippen molar-refractivity contribution in [2.75, 3.05) is 31.2 Å². The largest absolute Gasteiger partial charge is 0.378 e. The number of aliphatic imine (C=N–C) groups is 1. The second kappa shape index (κ2) is 9.04. The fourth-order valence-electron chi connectivity index (χ4n) is 2.03. The molecule has 1 aliphatic heterocycles. The number of halogens is 1. The average Bonchev–Trinajstić information content (AvgIpc) is 2.46. The Morgan fingerprint density at radius 1 is 1.43 bits per heavy atom. The van der Waals surface area contributed by atoms with Crippen molar-refractivity contribution in [2.24, 2.45) is 10.7 Å². The van der Waals surface area contributed by atoms with E-state index in [1.165, 1.54) is 0 Å². The Bertz CT molecular complexity index is 460. The van der Waals surface area contributed by atoms with Crippen LogP contribution in [-0.4, -0.2) is 43.3 Å². The van der Waals surface area contributed by atoms with Crippen LogP contribution in [0, 0.1) is 0 Å². The van der Waals surface area contributed by atoms with Crippen molar-refractivity contribution in [1.82, 2.24) is 10.3 Å². The van der Waals surface area contributed by atoms with Gasteiger partial charge in [-0.3, -0.25) is 0 Å². The van der Waals surface area contributed by atoms with Crippen LogP contribution in [0.2, 0.25) is 0 Å². The second-order valence-electron chi connectivity index (χ2n) is 5.09. The Kier molecular flexibility index (Phi) is 7.73. The highest BCUT2D eigenvalue weighted by Crippen LogP contribution is 2.13. The van der Waals surface area contributed by atoms with Crippen LogP contribution in [0.25, 0.3) is 0 Å². The standard InChI is InChI=1S/C14H23N5O.HI/c1-11(2)17-14(15)16-10-12-4-3-5-13(18-12)19-6-8-20-9-7-19;/h3-5,11H,6-10H2,1-2H3,(H3,15,16,17);1H. The highest BCUT2D eigenvalue weighted by molar-refractivity contribution is 14.0. The minimum absolute atomic E-state index is 0. The molecule has 0 radical (unpaired) electrons. The molecule has 21 heavy (non-hydrogen) atoms. The summed E-state index contributed by atoms with van der Waals surface area (Å²) < 4.78 is 5.35. The van der Waals surface area contributed by atoms with Crippen LogP contribution in [0.1, 0.15) is 19.5 Å². The number of hydrogen-bond acceptors (Lipinski definition) is 4. The Morgan fingerprint density at radius 2 is 2.14 bits per heavy atom. The number of nitrogens with two attached hydrogens (primary N) is 1. The van der Waals surface area contributed by atoms with Crippen LogP contribution < -0.4 is 16.0 Å². The Morgan fingerprint density at radius 3 is 2.81 bits per heavy atom. The molecule has 0 bridgehead atoms. The molecule has 118 valence electrons. The third-order valence-electron chi connectivity index (χ3n) is 2.98. The van der Waals surface area contributed by atoms with Gasteiger partial charge in [-0.25, -0.2) is 9.98 Å². The van der Waals surface area contributed by atoms with E-state index in [0.29, 0.717) is 12.5 Å². The first-order valence-corrected chi connectivity index (χ1v) is 7.00. The molecule has 7 heteroatoms. The first-order valence-electron chi connectivity index (χ1n) is 7.00. The summed E-state index contributed by atoms with van der Waals surface area (Å²) in [5.41, 5.74) is 6.71. The van der Waals surface area contributed by atoms with Crippen LogP contribution in [0.15, 0.2) is 23.2 Å². The minimum atomic E-state index is 0. The van der Waals surface area contributed by atoms with E-state index in [-0.39, 0.29) is 30.0 Å². The molecule has 3 N–H and O–H groups in total. The predicted octanol–water partition coefficient (Wildman–Crippen LogP) is 1.35. The van der Waals surface area contributed by atoms with Gasteiger partial charge in [0.05, 0.1) is 25.5 Å². The lowest BCUT2D eigenvalue weighted by molar-refractivity contribution is 0.122. The summed E-state index contributed by atoms with van der Waals surface area (Å²) in [4.78, 5) is 11.2. The number of morpholine rings is 1. The van der Waals surface area contributed by atoms with Crippen LogP contribution in [0.3, 0.4) is 0 Å². The molecule has 0 spiro atoms. The second-order valence-corrected chi connectivity index (χ2v) is 5.09. The molecule has 2 heterocycles. The lowest BCUT2D eigenvalue weighted by Gasteiger charge is -2.27. The van der Waals surface area contributed by atoms with Crippen LogP contribution in [0.5, 0.6) is 0 Å². The monoisotopic (exact) mass is 405 g/mol. The summed E-state index contributed by atoms with van der Waals surface area (Å²) in [5, 5.41) is 3.06. The molecule has 2 rings (SSSR count). The number of guanidine groups is 1. The van der Waals surface area contributed by atoms with Gasteiger partial charge in [0, 0.05) is 19.1 Å². The number of pyridine rings is 1. The lowest BCUT2D eigenvalue weighted by atomic mass is 10.3. The van der Waals surface area contributed by atoms with Crippen molar-refractivity contribution >= 4 is 35.8 Å². The van der Waals surface area contributed by atoms with E-state index in [1.54, 1.807) is 0 Å². The molecule has 0 saturated carbocycles. The van der Waals surface area contributed by atoms with Gasteiger partial charge in [-0.05, 0) is 26.0 Å². The molecular weight excluding hydrogens is 381 g/mol. The molecule has 1 saturated heterocycles. The average molecular weight is 405 g/mol. The number of nitrogens with one attached hydrogen (secondary N) is 1. The summed E-state index contributed by atoms with van der Waals surface area (Å²) in [7, 11) is 0. The van der Waals surface area contributed by atoms with E-state index in [2.05, 4.69) is 20.2 Å².